The maximum Gasteiger partial charge on any atom is 0.234 e. The van der Waals surface area contributed by atoms with Crippen LogP contribution < -0.4 is 5.32 Å². The first-order chi connectivity index (χ1) is 10.6. The molecule has 2 aromatic rings. The van der Waals surface area contributed by atoms with Crippen LogP contribution in [0.4, 0.5) is 4.39 Å². The second kappa shape index (κ2) is 5.72. The molecule has 2 amide bonds. The molecule has 0 saturated carbocycles. The number of piperidine rings is 1. The number of carbonyl (C=O) groups excluding carboxylic acids is 2. The second-order valence-electron chi connectivity index (χ2n) is 5.61. The average Bonchev–Trinajstić information content (AvgIpc) is 2.52. The lowest BCUT2D eigenvalue weighted by atomic mass is 9.71. The lowest BCUT2D eigenvalue weighted by Gasteiger charge is -2.35. The molecule has 1 N–H and O–H groups in total. The Morgan fingerprint density at radius 1 is 0.864 bits per heavy atom. The predicted octanol–water partition coefficient (Wildman–Crippen LogP) is 2.99. The molecule has 0 aliphatic carbocycles. The lowest BCUT2D eigenvalue weighted by Crippen LogP contribution is -2.48. The third-order valence-corrected chi connectivity index (χ3v) is 4.25. The zero-order chi connectivity index (χ0) is 15.7. The summed E-state index contributed by atoms with van der Waals surface area (Å²) in [6.45, 7) is 1.82. The SMILES string of the molecule is CC1C(=O)NC(=O)C(c2ccc(F)cc2)C1c1ccccc1. The second-order valence-corrected chi connectivity index (χ2v) is 5.61. The number of rotatable bonds is 2. The van der Waals surface area contributed by atoms with Gasteiger partial charge in [0.25, 0.3) is 0 Å². The quantitative estimate of drug-likeness (QED) is 0.866. The Hall–Kier alpha value is -2.49. The van der Waals surface area contributed by atoms with Crippen molar-refractivity contribution >= 4 is 11.8 Å². The van der Waals surface area contributed by atoms with Gasteiger partial charge < -0.3 is 0 Å². The summed E-state index contributed by atoms with van der Waals surface area (Å²) in [5.41, 5.74) is 1.65. The van der Waals surface area contributed by atoms with Crippen LogP contribution in [0, 0.1) is 11.7 Å². The molecule has 2 aromatic carbocycles. The summed E-state index contributed by atoms with van der Waals surface area (Å²) in [5, 5.41) is 2.42. The number of carbonyl (C=O) groups is 2. The van der Waals surface area contributed by atoms with Gasteiger partial charge in [0.1, 0.15) is 5.82 Å². The van der Waals surface area contributed by atoms with Crippen LogP contribution in [-0.4, -0.2) is 11.8 Å². The smallest absolute Gasteiger partial charge is 0.234 e. The summed E-state index contributed by atoms with van der Waals surface area (Å²) in [6, 6.07) is 15.4. The Bertz CT molecular complexity index is 697. The van der Waals surface area contributed by atoms with Crippen molar-refractivity contribution in [3.8, 4) is 0 Å². The first-order valence-electron chi connectivity index (χ1n) is 7.23. The standard InChI is InChI=1S/C18H16FNO2/c1-11-15(12-5-3-2-4-6-12)16(18(22)20-17(11)21)13-7-9-14(19)10-8-13/h2-11,15-16H,1H3,(H,20,21,22). The molecule has 1 fully saturated rings. The van der Waals surface area contributed by atoms with Gasteiger partial charge in [0.05, 0.1) is 5.92 Å². The molecule has 22 heavy (non-hydrogen) atoms. The highest BCUT2D eigenvalue weighted by Crippen LogP contribution is 2.41. The summed E-state index contributed by atoms with van der Waals surface area (Å²) in [4.78, 5) is 24.4. The summed E-state index contributed by atoms with van der Waals surface area (Å²) in [7, 11) is 0. The van der Waals surface area contributed by atoms with Crippen LogP contribution in [0.5, 0.6) is 0 Å². The van der Waals surface area contributed by atoms with Gasteiger partial charge in [0.15, 0.2) is 0 Å². The summed E-state index contributed by atoms with van der Waals surface area (Å²) < 4.78 is 13.2. The third kappa shape index (κ3) is 2.52. The highest BCUT2D eigenvalue weighted by Gasteiger charge is 2.42. The Morgan fingerprint density at radius 3 is 2.14 bits per heavy atom. The molecular formula is C18H16FNO2. The van der Waals surface area contributed by atoms with Crippen LogP contribution in [0.3, 0.4) is 0 Å². The molecule has 3 unspecified atom stereocenters. The van der Waals surface area contributed by atoms with Gasteiger partial charge in [-0.15, -0.1) is 0 Å². The minimum absolute atomic E-state index is 0.257. The Balaban J connectivity index is 2.08. The average molecular weight is 297 g/mol. The minimum Gasteiger partial charge on any atom is -0.296 e. The van der Waals surface area contributed by atoms with Gasteiger partial charge in [0, 0.05) is 11.8 Å². The van der Waals surface area contributed by atoms with Gasteiger partial charge in [-0.05, 0) is 23.3 Å². The zero-order valence-corrected chi connectivity index (χ0v) is 12.1. The normalized spacial score (nSPS) is 24.9. The lowest BCUT2D eigenvalue weighted by molar-refractivity contribution is -0.138. The van der Waals surface area contributed by atoms with Gasteiger partial charge >= 0.3 is 0 Å². The van der Waals surface area contributed by atoms with E-state index in [0.717, 1.165) is 5.56 Å². The molecule has 0 spiro atoms. The molecule has 1 heterocycles. The molecular weight excluding hydrogens is 281 g/mol. The fraction of sp³-hybridized carbons (Fsp3) is 0.222. The molecule has 3 rings (SSSR count). The molecule has 112 valence electrons. The van der Waals surface area contributed by atoms with Crippen LogP contribution in [0.25, 0.3) is 0 Å². The van der Waals surface area contributed by atoms with Crippen LogP contribution in [0.15, 0.2) is 54.6 Å². The largest absolute Gasteiger partial charge is 0.296 e. The minimum atomic E-state index is -0.504. The van der Waals surface area contributed by atoms with Crippen molar-refractivity contribution < 1.29 is 14.0 Å². The number of amides is 2. The van der Waals surface area contributed by atoms with Crippen molar-refractivity contribution in [3.05, 3.63) is 71.5 Å². The number of halogens is 1. The van der Waals surface area contributed by atoms with E-state index in [-0.39, 0.29) is 29.5 Å². The van der Waals surface area contributed by atoms with Gasteiger partial charge in [-0.25, -0.2) is 4.39 Å². The molecule has 3 nitrogen and oxygen atoms in total. The van der Waals surface area contributed by atoms with E-state index in [1.165, 1.54) is 12.1 Å². The molecule has 3 atom stereocenters. The number of nitrogens with one attached hydrogen (secondary N) is 1. The van der Waals surface area contributed by atoms with Gasteiger partial charge in [-0.3, -0.25) is 14.9 Å². The fourth-order valence-electron chi connectivity index (χ4n) is 3.11. The Kier molecular flexibility index (Phi) is 3.75. The summed E-state index contributed by atoms with van der Waals surface area (Å²) in [6.07, 6.45) is 0. The van der Waals surface area contributed by atoms with E-state index in [9.17, 15) is 14.0 Å². The molecule has 1 aliphatic rings. The van der Waals surface area contributed by atoms with E-state index in [1.807, 2.05) is 37.3 Å². The first-order valence-corrected chi connectivity index (χ1v) is 7.23. The first kappa shape index (κ1) is 14.4. The van der Waals surface area contributed by atoms with E-state index in [4.69, 9.17) is 0 Å². The summed E-state index contributed by atoms with van der Waals surface area (Å²) in [5.74, 6) is -2.04. The Morgan fingerprint density at radius 2 is 1.50 bits per heavy atom. The molecule has 0 aromatic heterocycles. The van der Waals surface area contributed by atoms with Gasteiger partial charge in [-0.1, -0.05) is 49.4 Å². The van der Waals surface area contributed by atoms with E-state index >= 15 is 0 Å². The number of imide groups is 1. The fourth-order valence-corrected chi connectivity index (χ4v) is 3.11. The van der Waals surface area contributed by atoms with Crippen LogP contribution in [-0.2, 0) is 9.59 Å². The van der Waals surface area contributed by atoms with Crippen LogP contribution >= 0.6 is 0 Å². The van der Waals surface area contributed by atoms with Crippen molar-refractivity contribution in [2.45, 2.75) is 18.8 Å². The molecule has 4 heteroatoms. The van der Waals surface area contributed by atoms with Crippen molar-refractivity contribution in [3.63, 3.8) is 0 Å². The van der Waals surface area contributed by atoms with Crippen molar-refractivity contribution in [1.29, 1.82) is 0 Å². The highest BCUT2D eigenvalue weighted by molar-refractivity contribution is 6.03. The van der Waals surface area contributed by atoms with Crippen LogP contribution in [0.2, 0.25) is 0 Å². The van der Waals surface area contributed by atoms with E-state index in [0.29, 0.717) is 5.56 Å². The van der Waals surface area contributed by atoms with Gasteiger partial charge in [0.2, 0.25) is 11.8 Å². The van der Waals surface area contributed by atoms with Gasteiger partial charge in [-0.2, -0.15) is 0 Å². The molecule has 1 saturated heterocycles. The maximum atomic E-state index is 13.2. The number of hydrogen-bond donors (Lipinski definition) is 1. The van der Waals surface area contributed by atoms with E-state index < -0.39 is 5.92 Å². The van der Waals surface area contributed by atoms with Crippen LogP contribution in [0.1, 0.15) is 29.9 Å². The van der Waals surface area contributed by atoms with Crippen molar-refractivity contribution in [1.82, 2.24) is 5.32 Å². The third-order valence-electron chi connectivity index (χ3n) is 4.25. The van der Waals surface area contributed by atoms with Crippen molar-refractivity contribution in [2.24, 2.45) is 5.92 Å². The highest BCUT2D eigenvalue weighted by atomic mass is 19.1. The summed E-state index contributed by atoms with van der Waals surface area (Å²) >= 11 is 0. The monoisotopic (exact) mass is 297 g/mol. The molecule has 0 bridgehead atoms. The van der Waals surface area contributed by atoms with E-state index in [2.05, 4.69) is 5.32 Å². The molecule has 0 radical (unpaired) electrons. The number of hydrogen-bond acceptors (Lipinski definition) is 2. The molecule has 1 aliphatic heterocycles. The predicted molar refractivity (Wildman–Crippen MR) is 80.6 cm³/mol. The maximum absolute atomic E-state index is 13.2. The zero-order valence-electron chi connectivity index (χ0n) is 12.1. The number of benzene rings is 2. The Labute approximate surface area is 128 Å². The van der Waals surface area contributed by atoms with Crippen molar-refractivity contribution in [2.75, 3.05) is 0 Å². The van der Waals surface area contributed by atoms with E-state index in [1.54, 1.807) is 12.1 Å². The topological polar surface area (TPSA) is 46.2 Å².